The standard InChI is InChI=1S/C23H28BrNO2/c1-25(2)15-17-3-7-18(8-4-17)19-9-12-22(26)21(14-19)23(27)13-16-5-10-20(24)11-6-16/h3-8,10-11,19,21-22,26H,9,12-15H2,1-2H3. The molecule has 4 heteroatoms. The molecular weight excluding hydrogens is 402 g/mol. The van der Waals surface area contributed by atoms with Gasteiger partial charge in [0.15, 0.2) is 0 Å². The Hall–Kier alpha value is -1.49. The molecule has 1 saturated carbocycles. The second-order valence-electron chi connectivity index (χ2n) is 7.93. The summed E-state index contributed by atoms with van der Waals surface area (Å²) in [6.07, 6.45) is 2.25. The third kappa shape index (κ3) is 5.50. The summed E-state index contributed by atoms with van der Waals surface area (Å²) in [5.41, 5.74) is 3.58. The van der Waals surface area contributed by atoms with Crippen molar-refractivity contribution >= 4 is 21.7 Å². The molecule has 1 fully saturated rings. The van der Waals surface area contributed by atoms with Crippen LogP contribution in [0.2, 0.25) is 0 Å². The van der Waals surface area contributed by atoms with Crippen LogP contribution >= 0.6 is 15.9 Å². The molecule has 1 aliphatic carbocycles. The van der Waals surface area contributed by atoms with E-state index in [4.69, 9.17) is 0 Å². The maximum Gasteiger partial charge on any atom is 0.142 e. The molecule has 1 N–H and O–H groups in total. The molecular formula is C23H28BrNO2. The minimum atomic E-state index is -0.516. The zero-order chi connectivity index (χ0) is 19.4. The van der Waals surface area contributed by atoms with Crippen molar-refractivity contribution in [2.75, 3.05) is 14.1 Å². The average Bonchev–Trinajstić information content (AvgIpc) is 2.64. The number of halogens is 1. The molecule has 0 radical (unpaired) electrons. The lowest BCUT2D eigenvalue weighted by Crippen LogP contribution is -2.35. The van der Waals surface area contributed by atoms with E-state index in [1.165, 1.54) is 11.1 Å². The summed E-state index contributed by atoms with van der Waals surface area (Å²) in [4.78, 5) is 15.0. The van der Waals surface area contributed by atoms with Gasteiger partial charge in [-0.05, 0) is 68.1 Å². The molecule has 0 aliphatic heterocycles. The fraction of sp³-hybridized carbons (Fsp3) is 0.435. The molecule has 0 spiro atoms. The Kier molecular flexibility index (Phi) is 6.85. The van der Waals surface area contributed by atoms with Crippen molar-refractivity contribution in [2.45, 2.75) is 44.2 Å². The average molecular weight is 430 g/mol. The van der Waals surface area contributed by atoms with Crippen LogP contribution in [0.3, 0.4) is 0 Å². The largest absolute Gasteiger partial charge is 0.392 e. The van der Waals surface area contributed by atoms with Gasteiger partial charge in [-0.25, -0.2) is 0 Å². The number of benzene rings is 2. The molecule has 3 rings (SSSR count). The summed E-state index contributed by atoms with van der Waals surface area (Å²) in [6, 6.07) is 16.6. The van der Waals surface area contributed by atoms with Crippen molar-refractivity contribution < 1.29 is 9.90 Å². The fourth-order valence-corrected chi connectivity index (χ4v) is 4.26. The monoisotopic (exact) mass is 429 g/mol. The summed E-state index contributed by atoms with van der Waals surface area (Å²) in [5, 5.41) is 10.4. The Bertz CT molecular complexity index is 755. The molecule has 2 aromatic carbocycles. The minimum Gasteiger partial charge on any atom is -0.392 e. The van der Waals surface area contributed by atoms with E-state index in [2.05, 4.69) is 59.2 Å². The van der Waals surface area contributed by atoms with Crippen LogP contribution in [0, 0.1) is 5.92 Å². The van der Waals surface area contributed by atoms with Crippen molar-refractivity contribution in [1.82, 2.24) is 4.90 Å². The van der Waals surface area contributed by atoms with Crippen LogP contribution in [0.15, 0.2) is 53.0 Å². The lowest BCUT2D eigenvalue weighted by Gasteiger charge is -2.33. The number of rotatable bonds is 6. The van der Waals surface area contributed by atoms with Gasteiger partial charge in [-0.1, -0.05) is 52.3 Å². The second-order valence-corrected chi connectivity index (χ2v) is 8.85. The molecule has 0 aromatic heterocycles. The van der Waals surface area contributed by atoms with Gasteiger partial charge >= 0.3 is 0 Å². The quantitative estimate of drug-likeness (QED) is 0.730. The third-order valence-corrected chi connectivity index (χ3v) is 6.00. The predicted molar refractivity (Wildman–Crippen MR) is 113 cm³/mol. The second kappa shape index (κ2) is 9.13. The SMILES string of the molecule is CN(C)Cc1ccc(C2CCC(O)C(C(=O)Cc3ccc(Br)cc3)C2)cc1. The number of aliphatic hydroxyl groups is 1. The number of carbonyl (C=O) groups is 1. The van der Waals surface area contributed by atoms with E-state index < -0.39 is 6.10 Å². The van der Waals surface area contributed by atoms with Crippen molar-refractivity contribution in [3.63, 3.8) is 0 Å². The fourth-order valence-electron chi connectivity index (χ4n) is 4.00. The first kappa shape index (κ1) is 20.2. The Balaban J connectivity index is 1.66. The molecule has 2 aromatic rings. The van der Waals surface area contributed by atoms with E-state index in [1.54, 1.807) is 0 Å². The number of carbonyl (C=O) groups excluding carboxylic acids is 1. The number of nitrogens with zero attached hydrogens (tertiary/aromatic N) is 1. The van der Waals surface area contributed by atoms with Crippen molar-refractivity contribution in [3.8, 4) is 0 Å². The number of ketones is 1. The topological polar surface area (TPSA) is 40.5 Å². The zero-order valence-electron chi connectivity index (χ0n) is 16.1. The number of Topliss-reactive ketones (excluding diaryl/α,β-unsaturated/α-hetero) is 1. The summed E-state index contributed by atoms with van der Waals surface area (Å²) in [6.45, 7) is 0.929. The highest BCUT2D eigenvalue weighted by molar-refractivity contribution is 9.10. The van der Waals surface area contributed by atoms with E-state index in [0.29, 0.717) is 18.8 Å². The van der Waals surface area contributed by atoms with Crippen LogP contribution < -0.4 is 0 Å². The molecule has 3 unspecified atom stereocenters. The Labute approximate surface area is 170 Å². The van der Waals surface area contributed by atoms with Gasteiger partial charge < -0.3 is 10.0 Å². The smallest absolute Gasteiger partial charge is 0.142 e. The molecule has 3 atom stereocenters. The van der Waals surface area contributed by atoms with E-state index in [1.807, 2.05) is 24.3 Å². The number of aliphatic hydroxyl groups excluding tert-OH is 1. The van der Waals surface area contributed by atoms with Crippen LogP contribution in [-0.2, 0) is 17.8 Å². The van der Waals surface area contributed by atoms with Crippen molar-refractivity contribution in [1.29, 1.82) is 0 Å². The molecule has 0 bridgehead atoms. The predicted octanol–water partition coefficient (Wildman–Crippen LogP) is 4.57. The van der Waals surface area contributed by atoms with Crippen LogP contribution in [0.4, 0.5) is 0 Å². The van der Waals surface area contributed by atoms with Gasteiger partial charge in [0.1, 0.15) is 5.78 Å². The minimum absolute atomic E-state index is 0.152. The number of hydrogen-bond acceptors (Lipinski definition) is 3. The highest BCUT2D eigenvalue weighted by atomic mass is 79.9. The zero-order valence-corrected chi connectivity index (χ0v) is 17.7. The van der Waals surface area contributed by atoms with Crippen molar-refractivity contribution in [2.24, 2.45) is 5.92 Å². The van der Waals surface area contributed by atoms with Gasteiger partial charge in [0.05, 0.1) is 6.10 Å². The molecule has 1 aliphatic rings. The van der Waals surface area contributed by atoms with Gasteiger partial charge in [-0.15, -0.1) is 0 Å². The van der Waals surface area contributed by atoms with Crippen LogP contribution in [-0.4, -0.2) is 36.0 Å². The van der Waals surface area contributed by atoms with Gasteiger partial charge in [0.25, 0.3) is 0 Å². The van der Waals surface area contributed by atoms with Gasteiger partial charge in [-0.3, -0.25) is 4.79 Å². The first-order valence-electron chi connectivity index (χ1n) is 9.61. The Morgan fingerprint density at radius 1 is 1.04 bits per heavy atom. The third-order valence-electron chi connectivity index (χ3n) is 5.47. The molecule has 27 heavy (non-hydrogen) atoms. The molecule has 144 valence electrons. The van der Waals surface area contributed by atoms with Crippen LogP contribution in [0.1, 0.15) is 41.9 Å². The Morgan fingerprint density at radius 3 is 2.30 bits per heavy atom. The van der Waals surface area contributed by atoms with Gasteiger partial charge in [0, 0.05) is 23.4 Å². The van der Waals surface area contributed by atoms with E-state index in [0.717, 1.165) is 29.4 Å². The maximum atomic E-state index is 12.8. The molecule has 0 amide bonds. The maximum absolute atomic E-state index is 12.8. The molecule has 0 heterocycles. The van der Waals surface area contributed by atoms with Gasteiger partial charge in [-0.2, -0.15) is 0 Å². The lowest BCUT2D eigenvalue weighted by molar-refractivity contribution is -0.127. The van der Waals surface area contributed by atoms with E-state index in [-0.39, 0.29) is 11.7 Å². The van der Waals surface area contributed by atoms with E-state index >= 15 is 0 Å². The first-order valence-corrected chi connectivity index (χ1v) is 10.4. The normalized spacial score (nSPS) is 22.8. The Morgan fingerprint density at radius 2 is 1.67 bits per heavy atom. The van der Waals surface area contributed by atoms with Crippen molar-refractivity contribution in [3.05, 3.63) is 69.7 Å². The highest BCUT2D eigenvalue weighted by Crippen LogP contribution is 2.37. The molecule has 0 saturated heterocycles. The summed E-state index contributed by atoms with van der Waals surface area (Å²) in [5.74, 6) is 0.230. The number of hydrogen-bond donors (Lipinski definition) is 1. The van der Waals surface area contributed by atoms with Crippen LogP contribution in [0.5, 0.6) is 0 Å². The highest BCUT2D eigenvalue weighted by Gasteiger charge is 2.34. The van der Waals surface area contributed by atoms with Gasteiger partial charge in [0.2, 0.25) is 0 Å². The first-order chi connectivity index (χ1) is 12.9. The summed E-state index contributed by atoms with van der Waals surface area (Å²) in [7, 11) is 4.14. The molecule has 3 nitrogen and oxygen atoms in total. The summed E-state index contributed by atoms with van der Waals surface area (Å²) < 4.78 is 1.01. The lowest BCUT2D eigenvalue weighted by atomic mass is 9.74. The summed E-state index contributed by atoms with van der Waals surface area (Å²) >= 11 is 3.42. The van der Waals surface area contributed by atoms with E-state index in [9.17, 15) is 9.90 Å². The van der Waals surface area contributed by atoms with Crippen LogP contribution in [0.25, 0.3) is 0 Å².